The predicted octanol–water partition coefficient (Wildman–Crippen LogP) is 12.7. The lowest BCUT2D eigenvalue weighted by molar-refractivity contribution is 0.0926. The van der Waals surface area contributed by atoms with E-state index in [-0.39, 0.29) is 5.91 Å². The Bertz CT molecular complexity index is 3070. The third kappa shape index (κ3) is 5.64. The Kier molecular flexibility index (Phi) is 8.11. The lowest BCUT2D eigenvalue weighted by atomic mass is 9.97. The molecule has 2 heterocycles. The van der Waals surface area contributed by atoms with Gasteiger partial charge in [-0.2, -0.15) is 5.26 Å². The molecule has 0 fully saturated rings. The number of hydrogen-bond donors (Lipinski definition) is 0. The molecular formula is C52H30N4O2. The second-order valence-corrected chi connectivity index (χ2v) is 14.3. The first-order valence-corrected chi connectivity index (χ1v) is 18.8. The number of anilines is 1. The van der Waals surface area contributed by atoms with E-state index < -0.39 is 5.91 Å². The second kappa shape index (κ2) is 13.8. The molecule has 6 nitrogen and oxygen atoms in total. The highest BCUT2D eigenvalue weighted by atomic mass is 16.2. The average Bonchev–Trinajstić information content (AvgIpc) is 3.75. The van der Waals surface area contributed by atoms with E-state index in [0.717, 1.165) is 66.3 Å². The SMILES string of the molecule is [C-]#[N+]c1cccc(-c2ccc3c(c2)c2cc(-c4cccc(C#N)c4)ccc2n3-c2cccc3c2C(=O)N(c2cc(-c4ccccc4)cc(-c4ccccc4)c2)C3=O)c1. The molecule has 0 spiro atoms. The Balaban J connectivity index is 1.17. The summed E-state index contributed by atoms with van der Waals surface area (Å²) >= 11 is 0. The summed E-state index contributed by atoms with van der Waals surface area (Å²) in [6, 6.07) is 61.0. The highest BCUT2D eigenvalue weighted by molar-refractivity contribution is 6.36. The molecule has 0 atom stereocenters. The minimum Gasteiger partial charge on any atom is -0.308 e. The molecule has 1 aliphatic rings. The molecule has 1 aromatic heterocycles. The predicted molar refractivity (Wildman–Crippen MR) is 231 cm³/mol. The maximum atomic E-state index is 14.9. The summed E-state index contributed by atoms with van der Waals surface area (Å²) in [5, 5.41) is 11.5. The van der Waals surface area contributed by atoms with Crippen LogP contribution in [-0.4, -0.2) is 16.4 Å². The van der Waals surface area contributed by atoms with E-state index in [2.05, 4.69) is 33.7 Å². The summed E-state index contributed by atoms with van der Waals surface area (Å²) < 4.78 is 2.07. The molecule has 0 saturated heterocycles. The first-order valence-electron chi connectivity index (χ1n) is 18.8. The Labute approximate surface area is 334 Å². The van der Waals surface area contributed by atoms with Crippen LogP contribution in [0.5, 0.6) is 0 Å². The van der Waals surface area contributed by atoms with E-state index in [4.69, 9.17) is 6.57 Å². The number of benzene rings is 8. The van der Waals surface area contributed by atoms with Crippen LogP contribution in [0, 0.1) is 17.9 Å². The van der Waals surface area contributed by atoms with Crippen LogP contribution in [0.4, 0.5) is 11.4 Å². The largest absolute Gasteiger partial charge is 0.308 e. The van der Waals surface area contributed by atoms with E-state index in [9.17, 15) is 14.9 Å². The minimum atomic E-state index is -0.396. The molecule has 0 saturated carbocycles. The molecule has 0 radical (unpaired) electrons. The van der Waals surface area contributed by atoms with Crippen molar-refractivity contribution < 1.29 is 9.59 Å². The zero-order valence-electron chi connectivity index (χ0n) is 30.9. The average molecular weight is 743 g/mol. The summed E-state index contributed by atoms with van der Waals surface area (Å²) in [6.45, 7) is 7.58. The lowest BCUT2D eigenvalue weighted by Crippen LogP contribution is -2.29. The van der Waals surface area contributed by atoms with Gasteiger partial charge in [0.05, 0.1) is 51.7 Å². The molecule has 0 aliphatic carbocycles. The van der Waals surface area contributed by atoms with Crippen LogP contribution in [-0.2, 0) is 0 Å². The van der Waals surface area contributed by atoms with Gasteiger partial charge in [-0.25, -0.2) is 9.74 Å². The normalized spacial score (nSPS) is 12.1. The molecule has 10 rings (SSSR count). The number of hydrogen-bond acceptors (Lipinski definition) is 3. The van der Waals surface area contributed by atoms with Gasteiger partial charge in [0.25, 0.3) is 11.8 Å². The van der Waals surface area contributed by atoms with Crippen LogP contribution >= 0.6 is 0 Å². The van der Waals surface area contributed by atoms with Gasteiger partial charge in [0.1, 0.15) is 0 Å². The van der Waals surface area contributed by atoms with Crippen molar-refractivity contribution in [3.05, 3.63) is 210 Å². The zero-order valence-corrected chi connectivity index (χ0v) is 30.9. The van der Waals surface area contributed by atoms with Gasteiger partial charge in [-0.1, -0.05) is 109 Å². The smallest absolute Gasteiger partial charge is 0.268 e. The monoisotopic (exact) mass is 742 g/mol. The van der Waals surface area contributed by atoms with Gasteiger partial charge in [-0.05, 0) is 117 Å². The molecular weight excluding hydrogens is 713 g/mol. The minimum absolute atomic E-state index is 0.331. The molecule has 270 valence electrons. The fourth-order valence-electron chi connectivity index (χ4n) is 8.19. The van der Waals surface area contributed by atoms with Crippen LogP contribution in [0.1, 0.15) is 26.3 Å². The molecule has 8 aromatic carbocycles. The van der Waals surface area contributed by atoms with Crippen LogP contribution in [0.3, 0.4) is 0 Å². The summed E-state index contributed by atoms with van der Waals surface area (Å²) in [7, 11) is 0. The molecule has 0 unspecified atom stereocenters. The molecule has 0 bridgehead atoms. The Hall–Kier alpha value is -8.32. The van der Waals surface area contributed by atoms with Crippen molar-refractivity contribution in [1.29, 1.82) is 5.26 Å². The number of imide groups is 1. The van der Waals surface area contributed by atoms with Crippen LogP contribution in [0.2, 0.25) is 0 Å². The first kappa shape index (κ1) is 34.2. The highest BCUT2D eigenvalue weighted by Crippen LogP contribution is 2.42. The summed E-state index contributed by atoms with van der Waals surface area (Å²) in [5.74, 6) is -0.777. The van der Waals surface area contributed by atoms with E-state index in [0.29, 0.717) is 33.8 Å². The first-order chi connectivity index (χ1) is 28.5. The van der Waals surface area contributed by atoms with Crippen LogP contribution in [0.15, 0.2) is 182 Å². The number of nitrogens with zero attached hydrogens (tertiary/aromatic N) is 4. The van der Waals surface area contributed by atoms with Crippen molar-refractivity contribution in [2.24, 2.45) is 0 Å². The van der Waals surface area contributed by atoms with E-state index in [1.165, 1.54) is 4.90 Å². The summed E-state index contributed by atoms with van der Waals surface area (Å²) in [4.78, 5) is 34.4. The van der Waals surface area contributed by atoms with Gasteiger partial charge < -0.3 is 4.57 Å². The van der Waals surface area contributed by atoms with E-state index in [1.807, 2.05) is 146 Å². The fourth-order valence-corrected chi connectivity index (χ4v) is 8.19. The molecule has 1 aliphatic heterocycles. The zero-order chi connectivity index (χ0) is 39.3. The Morgan fingerprint density at radius 2 is 1.03 bits per heavy atom. The third-order valence-electron chi connectivity index (χ3n) is 10.9. The van der Waals surface area contributed by atoms with Crippen LogP contribution in [0.25, 0.3) is 76.8 Å². The number of aromatic nitrogens is 1. The molecule has 9 aromatic rings. The van der Waals surface area contributed by atoms with Crippen molar-refractivity contribution in [3.8, 4) is 56.3 Å². The lowest BCUT2D eigenvalue weighted by Gasteiger charge is -2.18. The van der Waals surface area contributed by atoms with Crippen molar-refractivity contribution in [1.82, 2.24) is 4.57 Å². The van der Waals surface area contributed by atoms with Crippen molar-refractivity contribution in [2.75, 3.05) is 4.90 Å². The summed E-state index contributed by atoms with van der Waals surface area (Å²) in [6.07, 6.45) is 0. The van der Waals surface area contributed by atoms with Gasteiger partial charge in [-0.3, -0.25) is 9.59 Å². The summed E-state index contributed by atoms with van der Waals surface area (Å²) in [5.41, 5.74) is 12.0. The van der Waals surface area contributed by atoms with Crippen molar-refractivity contribution in [3.63, 3.8) is 0 Å². The maximum absolute atomic E-state index is 14.9. The van der Waals surface area contributed by atoms with Gasteiger partial charge in [0.2, 0.25) is 0 Å². The molecule has 2 amide bonds. The van der Waals surface area contributed by atoms with Crippen molar-refractivity contribution in [2.45, 2.75) is 0 Å². The van der Waals surface area contributed by atoms with Gasteiger partial charge in [-0.15, -0.1) is 0 Å². The van der Waals surface area contributed by atoms with Gasteiger partial charge in [0.15, 0.2) is 5.69 Å². The number of rotatable bonds is 6. The van der Waals surface area contributed by atoms with Crippen LogP contribution < -0.4 is 4.90 Å². The Morgan fingerprint density at radius 3 is 1.64 bits per heavy atom. The number of carbonyl (C=O) groups is 2. The fraction of sp³-hybridized carbons (Fsp3) is 0. The van der Waals surface area contributed by atoms with E-state index >= 15 is 0 Å². The van der Waals surface area contributed by atoms with Gasteiger partial charge in [0, 0.05) is 10.8 Å². The number of carbonyl (C=O) groups excluding carboxylic acids is 2. The number of nitriles is 1. The number of amides is 2. The standard InChI is InChI=1S/C52H30N4O2/c1-54-42-18-9-17-37(27-42)39-22-24-48-46(31-39)45-30-38(36-16-8-11-33(25-36)32-53)21-23-47(45)56(48)49-20-10-19-44-50(49)52(58)55(51(44)57)43-28-40(34-12-4-2-5-13-34)26-41(29-43)35-14-6-3-7-15-35/h2-31H. The Morgan fingerprint density at radius 1 is 0.483 bits per heavy atom. The van der Waals surface area contributed by atoms with Gasteiger partial charge >= 0.3 is 0 Å². The third-order valence-corrected chi connectivity index (χ3v) is 10.9. The second-order valence-electron chi connectivity index (χ2n) is 14.3. The molecule has 6 heteroatoms. The number of fused-ring (bicyclic) bond motifs is 4. The molecule has 58 heavy (non-hydrogen) atoms. The molecule has 0 N–H and O–H groups in total. The van der Waals surface area contributed by atoms with E-state index in [1.54, 1.807) is 18.2 Å². The topological polar surface area (TPSA) is 70.5 Å². The quantitative estimate of drug-likeness (QED) is 0.126. The highest BCUT2D eigenvalue weighted by Gasteiger charge is 2.39. The van der Waals surface area contributed by atoms with Crippen molar-refractivity contribution >= 4 is 45.0 Å². The maximum Gasteiger partial charge on any atom is 0.268 e.